The predicted octanol–water partition coefficient (Wildman–Crippen LogP) is 5.90. The third-order valence-corrected chi connectivity index (χ3v) is 6.06. The summed E-state index contributed by atoms with van der Waals surface area (Å²) in [5.74, 6) is 0.113. The van der Waals surface area contributed by atoms with Gasteiger partial charge in [0.25, 0.3) is 5.91 Å². The molecule has 0 saturated carbocycles. The molecule has 4 nitrogen and oxygen atoms in total. The molecule has 1 amide bonds. The Labute approximate surface area is 180 Å². The van der Waals surface area contributed by atoms with E-state index in [2.05, 4.69) is 54.6 Å². The van der Waals surface area contributed by atoms with Gasteiger partial charge in [-0.25, -0.2) is 0 Å². The number of carbonyl (C=O) groups excluding carboxylic acids is 1. The van der Waals surface area contributed by atoms with Crippen LogP contribution in [-0.2, 0) is 13.0 Å². The Balaban J connectivity index is 2.17. The summed E-state index contributed by atoms with van der Waals surface area (Å²) in [6.45, 7) is 7.04. The number of benzene rings is 2. The molecular weight excluding hydrogens is 404 g/mol. The van der Waals surface area contributed by atoms with Crippen LogP contribution in [0.2, 0.25) is 5.02 Å². The molecule has 152 valence electrons. The molecule has 1 heterocycles. The highest BCUT2D eigenvalue weighted by atomic mass is 35.5. The lowest BCUT2D eigenvalue weighted by atomic mass is 10.1. The Morgan fingerprint density at radius 3 is 2.52 bits per heavy atom. The number of hydrogen-bond acceptors (Lipinski definition) is 3. The topological polar surface area (TPSA) is 43.6 Å². The van der Waals surface area contributed by atoms with Crippen LogP contribution in [-0.4, -0.2) is 17.6 Å². The van der Waals surface area contributed by atoms with Gasteiger partial charge in [0.2, 0.25) is 0 Å². The van der Waals surface area contributed by atoms with Gasteiger partial charge in [0.1, 0.15) is 5.75 Å². The number of halogens is 1. The Bertz CT molecular complexity index is 1080. The maximum atomic E-state index is 13.0. The van der Waals surface area contributed by atoms with E-state index in [0.717, 1.165) is 30.6 Å². The molecule has 0 unspecified atom stereocenters. The normalized spacial score (nSPS) is 11.7. The monoisotopic (exact) mass is 428 g/mol. The van der Waals surface area contributed by atoms with Crippen LogP contribution in [0, 0.1) is 6.92 Å². The first-order valence-corrected chi connectivity index (χ1v) is 10.9. The fourth-order valence-electron chi connectivity index (χ4n) is 3.26. The zero-order valence-corrected chi connectivity index (χ0v) is 18.7. The quantitative estimate of drug-likeness (QED) is 0.490. The second kappa shape index (κ2) is 9.42. The molecule has 0 radical (unpaired) electrons. The van der Waals surface area contributed by atoms with E-state index in [1.807, 2.05) is 0 Å². The van der Waals surface area contributed by atoms with E-state index in [9.17, 15) is 4.79 Å². The average Bonchev–Trinajstić information content (AvgIpc) is 3.05. The van der Waals surface area contributed by atoms with Crippen molar-refractivity contribution in [2.75, 3.05) is 7.11 Å². The van der Waals surface area contributed by atoms with Gasteiger partial charge >= 0.3 is 0 Å². The van der Waals surface area contributed by atoms with Crippen LogP contribution in [0.4, 0.5) is 0 Å². The molecule has 0 fully saturated rings. The minimum absolute atomic E-state index is 0.355. The van der Waals surface area contributed by atoms with Crippen molar-refractivity contribution >= 4 is 28.8 Å². The summed E-state index contributed by atoms with van der Waals surface area (Å²) in [5, 5.41) is 0.478. The summed E-state index contributed by atoms with van der Waals surface area (Å²) < 4.78 is 7.44. The summed E-state index contributed by atoms with van der Waals surface area (Å²) in [5.41, 5.74) is 3.87. The van der Waals surface area contributed by atoms with Crippen LogP contribution in [0.15, 0.2) is 47.5 Å². The van der Waals surface area contributed by atoms with Crippen molar-refractivity contribution in [2.24, 2.45) is 4.99 Å². The molecule has 0 bridgehead atoms. The molecular formula is C23H25ClN2O2S. The van der Waals surface area contributed by atoms with E-state index in [4.69, 9.17) is 16.3 Å². The largest absolute Gasteiger partial charge is 0.496 e. The van der Waals surface area contributed by atoms with Crippen LogP contribution in [0.25, 0.3) is 11.3 Å². The number of ether oxygens (including phenoxy) is 1. The second-order valence-electron chi connectivity index (χ2n) is 6.78. The van der Waals surface area contributed by atoms with Gasteiger partial charge in [-0.05, 0) is 44.0 Å². The lowest BCUT2D eigenvalue weighted by Gasteiger charge is -2.09. The smallest absolute Gasteiger partial charge is 0.283 e. The van der Waals surface area contributed by atoms with Gasteiger partial charge in [-0.15, -0.1) is 11.3 Å². The van der Waals surface area contributed by atoms with Gasteiger partial charge in [0, 0.05) is 16.4 Å². The summed E-state index contributed by atoms with van der Waals surface area (Å²) in [7, 11) is 1.53. The molecule has 29 heavy (non-hydrogen) atoms. The summed E-state index contributed by atoms with van der Waals surface area (Å²) >= 11 is 7.67. The number of nitrogens with zero attached hydrogens (tertiary/aromatic N) is 2. The van der Waals surface area contributed by atoms with Gasteiger partial charge in [0.15, 0.2) is 4.80 Å². The van der Waals surface area contributed by atoms with E-state index < -0.39 is 0 Å². The third kappa shape index (κ3) is 4.62. The van der Waals surface area contributed by atoms with Crippen molar-refractivity contribution < 1.29 is 9.53 Å². The Morgan fingerprint density at radius 2 is 1.90 bits per heavy atom. The van der Waals surface area contributed by atoms with E-state index in [-0.39, 0.29) is 5.91 Å². The number of carbonyl (C=O) groups is 1. The average molecular weight is 429 g/mol. The van der Waals surface area contributed by atoms with E-state index in [1.54, 1.807) is 29.5 Å². The predicted molar refractivity (Wildman–Crippen MR) is 120 cm³/mol. The zero-order valence-electron chi connectivity index (χ0n) is 17.2. The maximum Gasteiger partial charge on any atom is 0.283 e. The Morgan fingerprint density at radius 1 is 1.17 bits per heavy atom. The number of thiazole rings is 1. The fourth-order valence-corrected chi connectivity index (χ4v) is 4.74. The zero-order chi connectivity index (χ0) is 21.0. The van der Waals surface area contributed by atoms with Crippen LogP contribution < -0.4 is 9.54 Å². The van der Waals surface area contributed by atoms with Crippen LogP contribution in [0.3, 0.4) is 0 Å². The van der Waals surface area contributed by atoms with Crippen molar-refractivity contribution in [3.63, 3.8) is 0 Å². The highest BCUT2D eigenvalue weighted by molar-refractivity contribution is 7.09. The van der Waals surface area contributed by atoms with Crippen molar-refractivity contribution in [3.8, 4) is 17.0 Å². The first-order valence-electron chi connectivity index (χ1n) is 9.70. The highest BCUT2D eigenvalue weighted by Crippen LogP contribution is 2.28. The van der Waals surface area contributed by atoms with Crippen molar-refractivity contribution in [1.29, 1.82) is 0 Å². The first-order chi connectivity index (χ1) is 14.0. The molecule has 6 heteroatoms. The number of hydrogen-bond donors (Lipinski definition) is 0. The maximum absolute atomic E-state index is 13.0. The molecule has 0 N–H and O–H groups in total. The van der Waals surface area contributed by atoms with E-state index >= 15 is 0 Å². The molecule has 0 atom stereocenters. The SMILES string of the molecule is CCCc1sc(=NC(=O)c2cc(Cl)ccc2OC)n(CC)c1-c1ccc(C)cc1. The minimum Gasteiger partial charge on any atom is -0.496 e. The molecule has 3 aromatic rings. The third-order valence-electron chi connectivity index (χ3n) is 4.69. The molecule has 0 spiro atoms. The second-order valence-corrected chi connectivity index (χ2v) is 8.28. The number of methoxy groups -OCH3 is 1. The van der Waals surface area contributed by atoms with E-state index in [0.29, 0.717) is 21.1 Å². The highest BCUT2D eigenvalue weighted by Gasteiger charge is 2.17. The lowest BCUT2D eigenvalue weighted by molar-refractivity contribution is 0.0995. The van der Waals surface area contributed by atoms with Crippen molar-refractivity contribution in [2.45, 2.75) is 40.2 Å². The molecule has 1 aromatic heterocycles. The summed E-state index contributed by atoms with van der Waals surface area (Å²) in [6, 6.07) is 13.5. The molecule has 2 aromatic carbocycles. The lowest BCUT2D eigenvalue weighted by Crippen LogP contribution is -2.17. The van der Waals surface area contributed by atoms with Gasteiger partial charge in [-0.2, -0.15) is 4.99 Å². The van der Waals surface area contributed by atoms with Gasteiger partial charge in [-0.1, -0.05) is 54.8 Å². The minimum atomic E-state index is -0.355. The van der Waals surface area contributed by atoms with Crippen LogP contribution in [0.5, 0.6) is 5.75 Å². The molecule has 3 rings (SSSR count). The van der Waals surface area contributed by atoms with Gasteiger partial charge < -0.3 is 9.30 Å². The molecule has 0 aliphatic heterocycles. The van der Waals surface area contributed by atoms with Gasteiger partial charge in [0.05, 0.1) is 18.4 Å². The molecule has 0 aliphatic rings. The van der Waals surface area contributed by atoms with Crippen molar-refractivity contribution in [3.05, 3.63) is 68.3 Å². The standard InChI is InChI=1S/C23H25ClN2O2S/c1-5-7-20-21(16-10-8-15(3)9-11-16)26(6-2)23(29-20)25-22(27)18-14-17(24)12-13-19(18)28-4/h8-14H,5-7H2,1-4H3. The van der Waals surface area contributed by atoms with Crippen molar-refractivity contribution in [1.82, 2.24) is 4.57 Å². The Kier molecular flexibility index (Phi) is 6.93. The Hall–Kier alpha value is -2.37. The molecule has 0 aliphatic carbocycles. The number of amides is 1. The molecule has 0 saturated heterocycles. The summed E-state index contributed by atoms with van der Waals surface area (Å²) in [4.78, 5) is 19.4. The summed E-state index contributed by atoms with van der Waals surface area (Å²) in [6.07, 6.45) is 1.97. The number of rotatable bonds is 6. The van der Waals surface area contributed by atoms with Crippen LogP contribution >= 0.6 is 22.9 Å². The fraction of sp³-hybridized carbons (Fsp3) is 0.304. The number of aromatic nitrogens is 1. The first kappa shape index (κ1) is 21.3. The van der Waals surface area contributed by atoms with Crippen LogP contribution in [0.1, 0.15) is 41.1 Å². The van der Waals surface area contributed by atoms with Gasteiger partial charge in [-0.3, -0.25) is 4.79 Å². The number of aryl methyl sites for hydroxylation is 2. The van der Waals surface area contributed by atoms with E-state index in [1.165, 1.54) is 17.6 Å².